The minimum absolute atomic E-state index is 0.0833. The van der Waals surface area contributed by atoms with Crippen molar-refractivity contribution in [3.63, 3.8) is 0 Å². The molecule has 0 heterocycles. The first-order chi connectivity index (χ1) is 38.0. The molecule has 1 atom stereocenters. The molecule has 0 rings (SSSR count). The van der Waals surface area contributed by atoms with E-state index in [0.717, 1.165) is 83.5 Å². The molecule has 0 aromatic carbocycles. The van der Waals surface area contributed by atoms with Gasteiger partial charge in [0.2, 0.25) is 0 Å². The first-order valence-corrected chi connectivity index (χ1v) is 33.8. The highest BCUT2D eigenvalue weighted by molar-refractivity contribution is 5.71. The Hall–Kier alpha value is -2.89. The van der Waals surface area contributed by atoms with Crippen LogP contribution in [-0.4, -0.2) is 37.2 Å². The fourth-order valence-corrected chi connectivity index (χ4v) is 9.96. The van der Waals surface area contributed by atoms with Crippen LogP contribution >= 0.6 is 0 Å². The largest absolute Gasteiger partial charge is 0.462 e. The van der Waals surface area contributed by atoms with Crippen LogP contribution in [-0.2, 0) is 28.6 Å². The topological polar surface area (TPSA) is 78.9 Å². The molecular formula is C71H128O6. The molecule has 0 amide bonds. The first kappa shape index (κ1) is 74.1. The van der Waals surface area contributed by atoms with Crippen LogP contribution in [0.15, 0.2) is 60.8 Å². The summed E-state index contributed by atoms with van der Waals surface area (Å²) in [6, 6.07) is 0. The van der Waals surface area contributed by atoms with Gasteiger partial charge < -0.3 is 14.2 Å². The van der Waals surface area contributed by atoms with Gasteiger partial charge in [0.1, 0.15) is 13.2 Å². The predicted molar refractivity (Wildman–Crippen MR) is 335 cm³/mol. The van der Waals surface area contributed by atoms with Crippen LogP contribution in [0, 0.1) is 0 Å². The highest BCUT2D eigenvalue weighted by Gasteiger charge is 2.19. The smallest absolute Gasteiger partial charge is 0.306 e. The molecule has 0 fully saturated rings. The maximum atomic E-state index is 12.9. The Morgan fingerprint density at radius 3 is 0.831 bits per heavy atom. The lowest BCUT2D eigenvalue weighted by atomic mass is 10.0. The maximum absolute atomic E-state index is 12.9. The summed E-state index contributed by atoms with van der Waals surface area (Å²) in [7, 11) is 0. The minimum Gasteiger partial charge on any atom is -0.462 e. The second kappa shape index (κ2) is 65.6. The van der Waals surface area contributed by atoms with E-state index < -0.39 is 6.10 Å². The van der Waals surface area contributed by atoms with Crippen LogP contribution in [0.2, 0.25) is 0 Å². The van der Waals surface area contributed by atoms with Crippen molar-refractivity contribution < 1.29 is 28.6 Å². The molecule has 1 unspecified atom stereocenters. The number of rotatable bonds is 62. The average molecular weight is 1080 g/mol. The van der Waals surface area contributed by atoms with Gasteiger partial charge in [0, 0.05) is 19.3 Å². The molecule has 77 heavy (non-hydrogen) atoms. The lowest BCUT2D eigenvalue weighted by Crippen LogP contribution is -2.30. The zero-order valence-corrected chi connectivity index (χ0v) is 51.5. The maximum Gasteiger partial charge on any atom is 0.306 e. The quantitative estimate of drug-likeness (QED) is 0.0261. The fourth-order valence-electron chi connectivity index (χ4n) is 9.96. The van der Waals surface area contributed by atoms with Gasteiger partial charge in [-0.05, 0) is 83.5 Å². The van der Waals surface area contributed by atoms with E-state index in [2.05, 4.69) is 81.5 Å². The molecule has 0 aromatic heterocycles. The van der Waals surface area contributed by atoms with Crippen LogP contribution in [0.4, 0.5) is 0 Å². The molecule has 0 aliphatic carbocycles. The molecule has 0 bridgehead atoms. The van der Waals surface area contributed by atoms with Crippen molar-refractivity contribution in [3.05, 3.63) is 60.8 Å². The highest BCUT2D eigenvalue weighted by atomic mass is 16.6. The Balaban J connectivity index is 4.27. The molecule has 0 aromatic rings. The Morgan fingerprint density at radius 2 is 0.506 bits per heavy atom. The van der Waals surface area contributed by atoms with E-state index in [4.69, 9.17) is 14.2 Å². The van der Waals surface area contributed by atoms with Crippen molar-refractivity contribution in [1.82, 2.24) is 0 Å². The summed E-state index contributed by atoms with van der Waals surface area (Å²) in [6.45, 7) is 6.55. The zero-order valence-electron chi connectivity index (χ0n) is 51.5. The summed E-state index contributed by atoms with van der Waals surface area (Å²) in [5.74, 6) is -0.905. The molecular weight excluding hydrogens is 949 g/mol. The third-order valence-electron chi connectivity index (χ3n) is 15.0. The van der Waals surface area contributed by atoms with Crippen molar-refractivity contribution in [3.8, 4) is 0 Å². The lowest BCUT2D eigenvalue weighted by Gasteiger charge is -2.18. The Kier molecular flexibility index (Phi) is 63.2. The van der Waals surface area contributed by atoms with E-state index in [-0.39, 0.29) is 31.1 Å². The molecule has 0 radical (unpaired) electrons. The van der Waals surface area contributed by atoms with Gasteiger partial charge in [-0.1, -0.05) is 313 Å². The van der Waals surface area contributed by atoms with Crippen molar-refractivity contribution in [2.75, 3.05) is 13.2 Å². The number of unbranched alkanes of at least 4 members (excludes halogenated alkanes) is 41. The van der Waals surface area contributed by atoms with E-state index in [1.807, 2.05) is 0 Å². The third kappa shape index (κ3) is 63.8. The van der Waals surface area contributed by atoms with Gasteiger partial charge in [-0.2, -0.15) is 0 Å². The molecule has 0 aliphatic rings. The molecule has 0 saturated carbocycles. The monoisotopic (exact) mass is 1080 g/mol. The summed E-state index contributed by atoms with van der Waals surface area (Å²) in [6.07, 6.45) is 83.9. The van der Waals surface area contributed by atoms with Crippen LogP contribution < -0.4 is 0 Å². The molecule has 6 heteroatoms. The van der Waals surface area contributed by atoms with Gasteiger partial charge in [0.25, 0.3) is 0 Å². The summed E-state index contributed by atoms with van der Waals surface area (Å²) < 4.78 is 16.9. The second-order valence-electron chi connectivity index (χ2n) is 22.7. The highest BCUT2D eigenvalue weighted by Crippen LogP contribution is 2.18. The molecule has 0 aliphatic heterocycles. The SMILES string of the molecule is CC/C=C\C/C=C\C/C=C\C/C=C\CCCCC(=O)OCC(COC(=O)CCCCCCCCCCCCCCCCC/C=C\CCCCCCCCCC)OC(=O)CCCCCCCCCCCCCCCCCCC. The summed E-state index contributed by atoms with van der Waals surface area (Å²) in [4.78, 5) is 38.3. The number of carbonyl (C=O) groups excluding carboxylic acids is 3. The van der Waals surface area contributed by atoms with Gasteiger partial charge in [0.05, 0.1) is 0 Å². The standard InChI is InChI=1S/C71H128O6/c1-4-7-10-13-16-19-22-25-28-30-31-32-33-34-35-36-37-38-39-41-43-46-49-52-55-58-61-64-70(73)76-67-68(66-75-69(72)63-60-57-54-51-48-45-42-27-24-21-18-15-12-9-6-3)77-71(74)65-62-59-56-53-50-47-44-40-29-26-23-20-17-14-11-8-5-2/h9,12,18,21,27,30-31,42,48,51,68H,4-8,10-11,13-17,19-20,22-26,28-29,32-41,43-47,49-50,52-67H2,1-3H3/b12-9-,21-18-,31-30-,42-27-,51-48-. The Bertz CT molecular complexity index is 1380. The number of carbonyl (C=O) groups is 3. The number of ether oxygens (including phenoxy) is 3. The first-order valence-electron chi connectivity index (χ1n) is 33.8. The molecule has 0 saturated heterocycles. The molecule has 6 nitrogen and oxygen atoms in total. The van der Waals surface area contributed by atoms with E-state index in [1.54, 1.807) is 0 Å². The van der Waals surface area contributed by atoms with Crippen LogP contribution in [0.25, 0.3) is 0 Å². The minimum atomic E-state index is -0.790. The van der Waals surface area contributed by atoms with Gasteiger partial charge in [0.15, 0.2) is 6.10 Å². The van der Waals surface area contributed by atoms with Crippen molar-refractivity contribution >= 4 is 17.9 Å². The number of hydrogen-bond acceptors (Lipinski definition) is 6. The Morgan fingerprint density at radius 1 is 0.273 bits per heavy atom. The van der Waals surface area contributed by atoms with Crippen molar-refractivity contribution in [2.45, 2.75) is 361 Å². The number of allylic oxidation sites excluding steroid dienone is 10. The summed E-state index contributed by atoms with van der Waals surface area (Å²) >= 11 is 0. The van der Waals surface area contributed by atoms with E-state index in [1.165, 1.54) is 231 Å². The average Bonchev–Trinajstić information content (AvgIpc) is 3.43. The van der Waals surface area contributed by atoms with Crippen molar-refractivity contribution in [1.29, 1.82) is 0 Å². The number of esters is 3. The van der Waals surface area contributed by atoms with Crippen LogP contribution in [0.5, 0.6) is 0 Å². The summed E-state index contributed by atoms with van der Waals surface area (Å²) in [5, 5.41) is 0. The predicted octanol–water partition coefficient (Wildman–Crippen LogP) is 23.1. The molecule has 0 spiro atoms. The van der Waals surface area contributed by atoms with Gasteiger partial charge in [-0.25, -0.2) is 0 Å². The third-order valence-corrected chi connectivity index (χ3v) is 15.0. The normalized spacial score (nSPS) is 12.4. The van der Waals surface area contributed by atoms with Gasteiger partial charge in [-0.3, -0.25) is 14.4 Å². The van der Waals surface area contributed by atoms with Crippen LogP contribution in [0.1, 0.15) is 355 Å². The second-order valence-corrected chi connectivity index (χ2v) is 22.7. The molecule has 0 N–H and O–H groups in total. The molecule has 448 valence electrons. The van der Waals surface area contributed by atoms with Gasteiger partial charge in [-0.15, -0.1) is 0 Å². The lowest BCUT2D eigenvalue weighted by molar-refractivity contribution is -0.167. The fraction of sp³-hybridized carbons (Fsp3) is 0.817. The van der Waals surface area contributed by atoms with Crippen molar-refractivity contribution in [2.24, 2.45) is 0 Å². The zero-order chi connectivity index (χ0) is 55.7. The van der Waals surface area contributed by atoms with Crippen LogP contribution in [0.3, 0.4) is 0 Å². The Labute approximate surface area is 479 Å². The van der Waals surface area contributed by atoms with E-state index in [9.17, 15) is 14.4 Å². The van der Waals surface area contributed by atoms with E-state index in [0.29, 0.717) is 19.3 Å². The van der Waals surface area contributed by atoms with E-state index >= 15 is 0 Å². The summed E-state index contributed by atoms with van der Waals surface area (Å²) in [5.41, 5.74) is 0. The number of hydrogen-bond donors (Lipinski definition) is 0. The van der Waals surface area contributed by atoms with Gasteiger partial charge >= 0.3 is 17.9 Å².